The van der Waals surface area contributed by atoms with Crippen molar-refractivity contribution in [1.29, 1.82) is 0 Å². The fourth-order valence-electron chi connectivity index (χ4n) is 7.48. The zero-order chi connectivity index (χ0) is 24.1. The quantitative estimate of drug-likeness (QED) is 0.260. The van der Waals surface area contributed by atoms with Crippen molar-refractivity contribution >= 4 is 30.7 Å². The molecule has 0 amide bonds. The number of hydrogen-bond acceptors (Lipinski definition) is 0. The molecule has 0 N–H and O–H groups in total. The number of allylic oxidation sites excluding steroid dienone is 12. The Morgan fingerprint density at radius 3 is 2.06 bits per heavy atom. The average Bonchev–Trinajstić information content (AvgIpc) is 3.19. The van der Waals surface area contributed by atoms with Crippen molar-refractivity contribution in [2.24, 2.45) is 17.8 Å². The van der Waals surface area contributed by atoms with Crippen LogP contribution in [0.15, 0.2) is 66.1 Å². The topological polar surface area (TPSA) is 0 Å². The molecule has 5 rings (SSSR count). The van der Waals surface area contributed by atoms with Gasteiger partial charge in [0.2, 0.25) is 0 Å². The zero-order valence-corrected chi connectivity index (χ0v) is 27.7. The summed E-state index contributed by atoms with van der Waals surface area (Å²) in [5.74, 6) is 1.69. The van der Waals surface area contributed by atoms with Crippen LogP contribution in [0.3, 0.4) is 0 Å². The molecule has 0 nitrogen and oxygen atoms in total. The normalized spacial score (nSPS) is 25.2. The molecule has 0 saturated carbocycles. The van der Waals surface area contributed by atoms with Gasteiger partial charge in [-0.15, -0.1) is 0 Å². The van der Waals surface area contributed by atoms with Crippen molar-refractivity contribution in [3.05, 3.63) is 66.1 Å². The molecule has 0 heterocycles. The van der Waals surface area contributed by atoms with Crippen LogP contribution >= 0.6 is 17.2 Å². The van der Waals surface area contributed by atoms with Gasteiger partial charge in [0, 0.05) is 0 Å². The Balaban J connectivity index is 1.79. The van der Waals surface area contributed by atoms with Gasteiger partial charge >= 0.3 is 225 Å². The Morgan fingerprint density at radius 2 is 1.53 bits per heavy atom. The summed E-state index contributed by atoms with van der Waals surface area (Å²) in [6.07, 6.45) is 19.1. The van der Waals surface area contributed by atoms with Crippen molar-refractivity contribution in [1.82, 2.24) is 0 Å². The van der Waals surface area contributed by atoms with Crippen LogP contribution in [0.1, 0.15) is 78.6 Å². The van der Waals surface area contributed by atoms with E-state index in [-0.39, 0.29) is 0 Å². The van der Waals surface area contributed by atoms with E-state index in [1.165, 1.54) is 72.3 Å². The van der Waals surface area contributed by atoms with E-state index in [0.717, 1.165) is 0 Å². The van der Waals surface area contributed by atoms with Crippen molar-refractivity contribution in [2.75, 3.05) is 0 Å². The van der Waals surface area contributed by atoms with Crippen molar-refractivity contribution < 1.29 is 19.1 Å². The van der Waals surface area contributed by atoms with Crippen LogP contribution in [0.25, 0.3) is 0 Å². The molecular formula is C30H39Cl2HfSi. The van der Waals surface area contributed by atoms with E-state index in [1.54, 1.807) is 38.6 Å². The predicted octanol–water partition coefficient (Wildman–Crippen LogP) is 9.53. The number of hydrogen-bond donors (Lipinski definition) is 0. The van der Waals surface area contributed by atoms with Crippen LogP contribution in [0.2, 0.25) is 13.1 Å². The molecule has 1 unspecified atom stereocenters. The van der Waals surface area contributed by atoms with E-state index >= 15 is 0 Å². The number of halogens is 2. The summed E-state index contributed by atoms with van der Waals surface area (Å²) in [4.78, 5) is 0. The van der Waals surface area contributed by atoms with Crippen LogP contribution in [-0.4, -0.2) is 13.6 Å². The summed E-state index contributed by atoms with van der Waals surface area (Å²) in [5.41, 5.74) is 13.3. The molecule has 0 aromatic rings. The Kier molecular flexibility index (Phi) is 7.83. The molecule has 5 aliphatic carbocycles. The SMILES string of the molecule is CC1=[C]([Hf]([Cl])[Cl])C2=CC=CC(=[Si](C)C)C(CC(C)C)C2=C1C1C2=C(CCCC2)C2=C1CCCC2. The zero-order valence-electron chi connectivity index (χ0n) is 21.6. The molecule has 0 saturated heterocycles. The summed E-state index contributed by atoms with van der Waals surface area (Å²) in [7, 11) is 13.3. The van der Waals surface area contributed by atoms with Crippen molar-refractivity contribution in [3.8, 4) is 0 Å². The Labute approximate surface area is 223 Å². The van der Waals surface area contributed by atoms with Gasteiger partial charge in [0.1, 0.15) is 0 Å². The van der Waals surface area contributed by atoms with Crippen molar-refractivity contribution in [2.45, 2.75) is 91.7 Å². The first-order valence-electron chi connectivity index (χ1n) is 13.5. The molecule has 0 bridgehead atoms. The third kappa shape index (κ3) is 4.35. The van der Waals surface area contributed by atoms with Crippen LogP contribution < -0.4 is 0 Å². The summed E-state index contributed by atoms with van der Waals surface area (Å²) < 4.78 is 1.39. The second-order valence-electron chi connectivity index (χ2n) is 11.5. The third-order valence-electron chi connectivity index (χ3n) is 8.74. The first-order chi connectivity index (χ1) is 16.3. The van der Waals surface area contributed by atoms with Gasteiger partial charge in [-0.2, -0.15) is 0 Å². The molecular weight excluding hydrogens is 638 g/mol. The predicted molar refractivity (Wildman–Crippen MR) is 149 cm³/mol. The van der Waals surface area contributed by atoms with Gasteiger partial charge in [-0.25, -0.2) is 0 Å². The van der Waals surface area contributed by atoms with Gasteiger partial charge in [0.25, 0.3) is 0 Å². The molecule has 0 aromatic heterocycles. The van der Waals surface area contributed by atoms with Crippen LogP contribution in [0.4, 0.5) is 0 Å². The average molecular weight is 677 g/mol. The minimum absolute atomic E-state index is 0.510. The van der Waals surface area contributed by atoms with E-state index in [1.807, 2.05) is 0 Å². The van der Waals surface area contributed by atoms with Crippen LogP contribution in [0, 0.1) is 17.8 Å². The minimum atomic E-state index is -2.83. The Morgan fingerprint density at radius 1 is 0.941 bits per heavy atom. The van der Waals surface area contributed by atoms with Crippen molar-refractivity contribution in [3.63, 3.8) is 0 Å². The van der Waals surface area contributed by atoms with Gasteiger partial charge in [0.05, 0.1) is 0 Å². The monoisotopic (exact) mass is 677 g/mol. The van der Waals surface area contributed by atoms with E-state index in [9.17, 15) is 0 Å². The molecule has 5 aliphatic rings. The Hall–Kier alpha value is -0.0230. The molecule has 0 aromatic carbocycles. The number of rotatable bonds is 4. The molecule has 181 valence electrons. The van der Waals surface area contributed by atoms with Gasteiger partial charge in [0.15, 0.2) is 0 Å². The summed E-state index contributed by atoms with van der Waals surface area (Å²) in [6.45, 7) is 12.1. The Bertz CT molecular complexity index is 1090. The van der Waals surface area contributed by atoms with E-state index in [4.69, 9.17) is 17.2 Å². The fourth-order valence-corrected chi connectivity index (χ4v) is 15.9. The maximum atomic E-state index is 6.96. The first kappa shape index (κ1) is 25.6. The van der Waals surface area contributed by atoms with Gasteiger partial charge in [-0.05, 0) is 0 Å². The van der Waals surface area contributed by atoms with E-state index < -0.39 is 27.5 Å². The second kappa shape index (κ2) is 10.4. The second-order valence-corrected chi connectivity index (χ2v) is 25.5. The van der Waals surface area contributed by atoms with E-state index in [0.29, 0.717) is 17.8 Å². The fraction of sp³-hybridized carbons (Fsp3) is 0.567. The van der Waals surface area contributed by atoms with Crippen LogP contribution in [0.5, 0.6) is 0 Å². The third-order valence-corrected chi connectivity index (χ3v) is 17.2. The molecule has 0 spiro atoms. The molecule has 1 atom stereocenters. The van der Waals surface area contributed by atoms with Gasteiger partial charge in [-0.3, -0.25) is 0 Å². The molecule has 34 heavy (non-hydrogen) atoms. The summed E-state index contributed by atoms with van der Waals surface area (Å²) in [6, 6.07) is 0. The standard InChI is InChI=1S/C30H39Si.2ClH.Hf/c1-19(2)17-26-27(31(4)5)16-10-11-21-18-20(3)28(29(21)26)30-24-14-8-6-12-22(24)23-13-7-9-15-25(23)30;;;/h10-11,16,19,26,30H,6-9,12-15,17H2,1-5H3;2*1H;/q;;;+2/p-2. The van der Waals surface area contributed by atoms with Crippen LogP contribution in [-0.2, 0) is 19.1 Å². The first-order valence-corrected chi connectivity index (χ1v) is 26.7. The van der Waals surface area contributed by atoms with E-state index in [2.05, 4.69) is 52.1 Å². The molecule has 0 fully saturated rings. The van der Waals surface area contributed by atoms with Gasteiger partial charge < -0.3 is 0 Å². The molecule has 0 aliphatic heterocycles. The van der Waals surface area contributed by atoms with Gasteiger partial charge in [-0.1, -0.05) is 0 Å². The summed E-state index contributed by atoms with van der Waals surface area (Å²) >= 11 is -2.83. The summed E-state index contributed by atoms with van der Waals surface area (Å²) in [5, 5.41) is 1.69. The molecule has 4 heteroatoms. The number of fused-ring (bicyclic) bond motifs is 2. The molecule has 0 radical (unpaired) electrons. The maximum absolute atomic E-state index is 6.96.